The van der Waals surface area contributed by atoms with Gasteiger partial charge in [0.1, 0.15) is 6.04 Å². The zero-order valence-electron chi connectivity index (χ0n) is 12.8. The summed E-state index contributed by atoms with van der Waals surface area (Å²) in [5.74, 6) is 0.406. The summed E-state index contributed by atoms with van der Waals surface area (Å²) in [7, 11) is 3.14. The van der Waals surface area contributed by atoms with Crippen LogP contribution in [0.15, 0.2) is 0 Å². The number of methoxy groups -OCH3 is 1. The molecule has 1 unspecified atom stereocenters. The van der Waals surface area contributed by atoms with Gasteiger partial charge in [-0.2, -0.15) is 16.9 Å². The minimum Gasteiger partial charge on any atom is -0.468 e. The molecule has 118 valence electrons. The molecule has 3 N–H and O–H groups in total. The lowest BCUT2D eigenvalue weighted by molar-refractivity contribution is -0.142. The van der Waals surface area contributed by atoms with Crippen LogP contribution in [-0.4, -0.2) is 46.3 Å². The zero-order chi connectivity index (χ0) is 16.0. The number of esters is 1. The fourth-order valence-corrected chi connectivity index (χ4v) is 2.60. The minimum absolute atomic E-state index is 0.0918. The smallest absolute Gasteiger partial charge is 0.322 e. The van der Waals surface area contributed by atoms with Crippen molar-refractivity contribution in [1.29, 1.82) is 0 Å². The third-order valence-corrected chi connectivity index (χ3v) is 4.07. The normalized spacial score (nSPS) is 12.0. The van der Waals surface area contributed by atoms with Gasteiger partial charge in [0.2, 0.25) is 5.91 Å². The Bertz CT molecular complexity index is 516. The van der Waals surface area contributed by atoms with E-state index >= 15 is 0 Å². The van der Waals surface area contributed by atoms with Gasteiger partial charge in [0, 0.05) is 7.05 Å². The Hall–Kier alpha value is -1.54. The lowest BCUT2D eigenvalue weighted by atomic mass is 10.2. The fourth-order valence-electron chi connectivity index (χ4n) is 1.77. The Morgan fingerprint density at radius 1 is 1.48 bits per heavy atom. The van der Waals surface area contributed by atoms with Crippen molar-refractivity contribution in [2.24, 2.45) is 12.8 Å². The average molecular weight is 314 g/mol. The first-order chi connectivity index (χ1) is 9.86. The molecule has 1 rings (SSSR count). The lowest BCUT2D eigenvalue weighted by Gasteiger charge is -2.09. The number of hydrogen-bond donors (Lipinski definition) is 2. The first-order valence-corrected chi connectivity index (χ1v) is 7.73. The molecule has 0 saturated heterocycles. The summed E-state index contributed by atoms with van der Waals surface area (Å²) in [6.07, 6.45) is 0.482. The van der Waals surface area contributed by atoms with Crippen molar-refractivity contribution in [1.82, 2.24) is 9.78 Å². The van der Waals surface area contributed by atoms with Gasteiger partial charge < -0.3 is 15.8 Å². The van der Waals surface area contributed by atoms with E-state index < -0.39 is 12.0 Å². The highest BCUT2D eigenvalue weighted by molar-refractivity contribution is 7.99. The highest BCUT2D eigenvalue weighted by atomic mass is 32.2. The van der Waals surface area contributed by atoms with Gasteiger partial charge in [0.15, 0.2) is 0 Å². The van der Waals surface area contributed by atoms with E-state index in [1.165, 1.54) is 18.9 Å². The topological polar surface area (TPSA) is 99.2 Å². The first kappa shape index (κ1) is 17.5. The molecule has 7 nitrogen and oxygen atoms in total. The van der Waals surface area contributed by atoms with Crippen LogP contribution in [-0.2, 0) is 21.4 Å². The number of rotatable bonds is 7. The number of anilines is 1. The van der Waals surface area contributed by atoms with Crippen LogP contribution in [0.3, 0.4) is 0 Å². The quantitative estimate of drug-likeness (QED) is 0.565. The molecule has 1 aromatic heterocycles. The largest absolute Gasteiger partial charge is 0.468 e. The monoisotopic (exact) mass is 314 g/mol. The van der Waals surface area contributed by atoms with Crippen LogP contribution in [0.4, 0.5) is 5.69 Å². The molecule has 0 aliphatic rings. The van der Waals surface area contributed by atoms with E-state index in [4.69, 9.17) is 5.73 Å². The number of carbonyl (C=O) groups is 2. The van der Waals surface area contributed by atoms with Crippen LogP contribution in [0.25, 0.3) is 0 Å². The standard InChI is InChI=1S/C13H22N4O3S/c1-8-12(9(2)17(3)16-8)15-11(18)7-21-6-5-10(14)13(19)20-4/h10H,5-7,14H2,1-4H3,(H,15,18). The summed E-state index contributed by atoms with van der Waals surface area (Å²) in [6, 6.07) is -0.631. The third kappa shape index (κ3) is 5.05. The fraction of sp³-hybridized carbons (Fsp3) is 0.615. The molecule has 8 heteroatoms. The van der Waals surface area contributed by atoms with Gasteiger partial charge in [-0.25, -0.2) is 0 Å². The van der Waals surface area contributed by atoms with E-state index in [9.17, 15) is 9.59 Å². The van der Waals surface area contributed by atoms with E-state index in [2.05, 4.69) is 15.2 Å². The van der Waals surface area contributed by atoms with Crippen molar-refractivity contribution < 1.29 is 14.3 Å². The predicted molar refractivity (Wildman–Crippen MR) is 83.2 cm³/mol. The maximum absolute atomic E-state index is 11.9. The number of thioether (sulfide) groups is 1. The van der Waals surface area contributed by atoms with Gasteiger partial charge in [-0.3, -0.25) is 14.3 Å². The zero-order valence-corrected chi connectivity index (χ0v) is 13.6. The number of ether oxygens (including phenoxy) is 1. The average Bonchev–Trinajstić information content (AvgIpc) is 2.69. The minimum atomic E-state index is -0.631. The molecule has 0 fully saturated rings. The Morgan fingerprint density at radius 2 is 2.14 bits per heavy atom. The molecule has 0 aliphatic heterocycles. The van der Waals surface area contributed by atoms with Crippen molar-refractivity contribution in [3.63, 3.8) is 0 Å². The number of aryl methyl sites for hydroxylation is 2. The Kier molecular flexibility index (Phi) is 6.70. The van der Waals surface area contributed by atoms with Gasteiger partial charge in [-0.1, -0.05) is 0 Å². The second-order valence-corrected chi connectivity index (χ2v) is 5.79. The lowest BCUT2D eigenvalue weighted by Crippen LogP contribution is -2.32. The molecule has 0 saturated carbocycles. The molecular formula is C13H22N4O3S. The number of hydrogen-bond acceptors (Lipinski definition) is 6. The van der Waals surface area contributed by atoms with Crippen LogP contribution in [0.2, 0.25) is 0 Å². The van der Waals surface area contributed by atoms with Crippen molar-refractivity contribution in [2.45, 2.75) is 26.3 Å². The highest BCUT2D eigenvalue weighted by Crippen LogP contribution is 2.18. The van der Waals surface area contributed by atoms with Gasteiger partial charge in [0.05, 0.1) is 29.9 Å². The van der Waals surface area contributed by atoms with Crippen LogP contribution < -0.4 is 11.1 Å². The Labute approximate surface area is 128 Å². The third-order valence-electron chi connectivity index (χ3n) is 3.08. The van der Waals surface area contributed by atoms with Gasteiger partial charge in [-0.05, 0) is 26.0 Å². The molecule has 1 atom stereocenters. The second kappa shape index (κ2) is 8.04. The Balaban J connectivity index is 2.33. The van der Waals surface area contributed by atoms with Crippen LogP contribution in [0.1, 0.15) is 17.8 Å². The van der Waals surface area contributed by atoms with E-state index in [1.807, 2.05) is 20.9 Å². The van der Waals surface area contributed by atoms with E-state index in [0.717, 1.165) is 17.1 Å². The van der Waals surface area contributed by atoms with E-state index in [-0.39, 0.29) is 5.91 Å². The number of nitrogens with two attached hydrogens (primary N) is 1. The maximum atomic E-state index is 11.9. The summed E-state index contributed by atoms with van der Waals surface area (Å²) < 4.78 is 6.27. The molecule has 1 aromatic rings. The summed E-state index contributed by atoms with van der Waals surface area (Å²) in [4.78, 5) is 23.0. The van der Waals surface area contributed by atoms with Gasteiger partial charge in [-0.15, -0.1) is 0 Å². The van der Waals surface area contributed by atoms with Crippen molar-refractivity contribution in [2.75, 3.05) is 23.9 Å². The van der Waals surface area contributed by atoms with Gasteiger partial charge in [0.25, 0.3) is 0 Å². The van der Waals surface area contributed by atoms with E-state index in [1.54, 1.807) is 4.68 Å². The number of nitrogens with zero attached hydrogens (tertiary/aromatic N) is 2. The number of carbonyl (C=O) groups excluding carboxylic acids is 2. The molecule has 1 amide bonds. The molecular weight excluding hydrogens is 292 g/mol. The SMILES string of the molecule is COC(=O)C(N)CCSCC(=O)Nc1c(C)nn(C)c1C. The summed E-state index contributed by atoms with van der Waals surface area (Å²) in [5, 5.41) is 7.09. The molecule has 21 heavy (non-hydrogen) atoms. The van der Waals surface area contributed by atoms with Crippen LogP contribution in [0.5, 0.6) is 0 Å². The molecule has 0 bridgehead atoms. The van der Waals surface area contributed by atoms with Crippen LogP contribution >= 0.6 is 11.8 Å². The van der Waals surface area contributed by atoms with Crippen LogP contribution in [0, 0.1) is 13.8 Å². The molecule has 1 heterocycles. The van der Waals surface area contributed by atoms with Crippen molar-refractivity contribution in [3.8, 4) is 0 Å². The molecule has 0 spiro atoms. The molecule has 0 aromatic carbocycles. The molecule has 0 aliphatic carbocycles. The predicted octanol–water partition coefficient (Wildman–Crippen LogP) is 0.599. The number of nitrogens with one attached hydrogen (secondary N) is 1. The maximum Gasteiger partial charge on any atom is 0.322 e. The van der Waals surface area contributed by atoms with E-state index in [0.29, 0.717) is 17.9 Å². The van der Waals surface area contributed by atoms with Crippen molar-refractivity contribution >= 4 is 29.3 Å². The molecule has 0 radical (unpaired) electrons. The number of amides is 1. The number of aromatic nitrogens is 2. The summed E-state index contributed by atoms with van der Waals surface area (Å²) in [5.41, 5.74) is 8.08. The Morgan fingerprint density at radius 3 is 2.67 bits per heavy atom. The first-order valence-electron chi connectivity index (χ1n) is 6.58. The van der Waals surface area contributed by atoms with Gasteiger partial charge >= 0.3 is 5.97 Å². The van der Waals surface area contributed by atoms with Crippen molar-refractivity contribution in [3.05, 3.63) is 11.4 Å². The second-order valence-electron chi connectivity index (χ2n) is 4.69. The summed E-state index contributed by atoms with van der Waals surface area (Å²) in [6.45, 7) is 3.75. The summed E-state index contributed by atoms with van der Waals surface area (Å²) >= 11 is 1.43. The highest BCUT2D eigenvalue weighted by Gasteiger charge is 2.14.